The first-order valence-electron chi connectivity index (χ1n) is 14.1. The van der Waals surface area contributed by atoms with E-state index in [9.17, 15) is 4.79 Å². The van der Waals surface area contributed by atoms with Gasteiger partial charge in [-0.3, -0.25) is 4.79 Å². The van der Waals surface area contributed by atoms with Gasteiger partial charge in [0.05, 0.1) is 40.2 Å². The maximum absolute atomic E-state index is 13.7. The average Bonchev–Trinajstić information content (AvgIpc) is 3.07. The Bertz CT molecular complexity index is 1530. The van der Waals surface area contributed by atoms with Crippen LogP contribution in [0.15, 0.2) is 72.9 Å². The number of carbonyl (C=O) groups excluding carboxylic acids is 1. The van der Waals surface area contributed by atoms with Gasteiger partial charge in [0.2, 0.25) is 5.75 Å². The highest BCUT2D eigenvalue weighted by Gasteiger charge is 2.27. The molecule has 43 heavy (non-hydrogen) atoms. The molecule has 10 nitrogen and oxygen atoms in total. The van der Waals surface area contributed by atoms with Crippen LogP contribution in [0.5, 0.6) is 23.0 Å². The van der Waals surface area contributed by atoms with Crippen LogP contribution in [0.25, 0.3) is 11.4 Å². The lowest BCUT2D eigenvalue weighted by Crippen LogP contribution is -2.47. The zero-order valence-corrected chi connectivity index (χ0v) is 25.2. The van der Waals surface area contributed by atoms with E-state index in [-0.39, 0.29) is 11.9 Å². The minimum Gasteiger partial charge on any atom is -0.495 e. The van der Waals surface area contributed by atoms with Crippen LogP contribution < -0.4 is 34.1 Å². The van der Waals surface area contributed by atoms with E-state index in [4.69, 9.17) is 23.9 Å². The number of rotatable bonds is 10. The maximum atomic E-state index is 13.7. The molecule has 1 fully saturated rings. The van der Waals surface area contributed by atoms with Gasteiger partial charge in [0.1, 0.15) is 17.1 Å². The summed E-state index contributed by atoms with van der Waals surface area (Å²) >= 11 is 0. The minimum atomic E-state index is -0.241. The van der Waals surface area contributed by atoms with E-state index in [0.717, 1.165) is 30.1 Å². The molecular formula is C33H37N5O5. The normalized spacial score (nSPS) is 13.7. The van der Waals surface area contributed by atoms with Crippen molar-refractivity contribution in [1.82, 2.24) is 15.3 Å². The molecule has 1 amide bonds. The molecule has 1 aliphatic heterocycles. The maximum Gasteiger partial charge on any atom is 0.257 e. The van der Waals surface area contributed by atoms with Gasteiger partial charge in [-0.1, -0.05) is 42.5 Å². The molecule has 1 aromatic heterocycles. The first-order valence-corrected chi connectivity index (χ1v) is 14.1. The van der Waals surface area contributed by atoms with Crippen LogP contribution in [0.3, 0.4) is 0 Å². The Kier molecular flexibility index (Phi) is 9.14. The summed E-state index contributed by atoms with van der Waals surface area (Å²) < 4.78 is 22.2. The van der Waals surface area contributed by atoms with Crippen molar-refractivity contribution in [3.05, 3.63) is 84.1 Å². The molecule has 2 heterocycles. The van der Waals surface area contributed by atoms with E-state index >= 15 is 0 Å². The van der Waals surface area contributed by atoms with Crippen molar-refractivity contribution < 1.29 is 23.7 Å². The number of methoxy groups -OCH3 is 4. The second-order valence-corrected chi connectivity index (χ2v) is 10.1. The van der Waals surface area contributed by atoms with E-state index in [0.29, 0.717) is 53.1 Å². The first kappa shape index (κ1) is 29.5. The van der Waals surface area contributed by atoms with Crippen LogP contribution in [0.4, 0.5) is 11.5 Å². The number of ether oxygens (including phenoxy) is 4. The van der Waals surface area contributed by atoms with Gasteiger partial charge in [-0.2, -0.15) is 0 Å². The van der Waals surface area contributed by atoms with Crippen LogP contribution in [-0.4, -0.2) is 70.5 Å². The third-order valence-corrected chi connectivity index (χ3v) is 7.59. The summed E-state index contributed by atoms with van der Waals surface area (Å²) in [5, 5.41) is 3.12. The Hall–Kier alpha value is -4.99. The van der Waals surface area contributed by atoms with E-state index in [1.807, 2.05) is 55.5 Å². The smallest absolute Gasteiger partial charge is 0.257 e. The topological polar surface area (TPSA) is 98.3 Å². The van der Waals surface area contributed by atoms with Gasteiger partial charge in [0.25, 0.3) is 5.91 Å². The van der Waals surface area contributed by atoms with Crippen molar-refractivity contribution in [3.8, 4) is 34.4 Å². The average molecular weight is 584 g/mol. The van der Waals surface area contributed by atoms with Gasteiger partial charge in [-0.05, 0) is 36.8 Å². The van der Waals surface area contributed by atoms with Crippen molar-refractivity contribution in [1.29, 1.82) is 0 Å². The van der Waals surface area contributed by atoms with E-state index in [1.54, 1.807) is 46.8 Å². The number of para-hydroxylation sites is 2. The molecule has 0 radical (unpaired) electrons. The van der Waals surface area contributed by atoms with Crippen molar-refractivity contribution in [2.45, 2.75) is 13.0 Å². The Morgan fingerprint density at radius 1 is 0.791 bits per heavy atom. The van der Waals surface area contributed by atoms with Gasteiger partial charge >= 0.3 is 0 Å². The third kappa shape index (κ3) is 6.28. The Morgan fingerprint density at radius 3 is 2.02 bits per heavy atom. The number of carbonyl (C=O) groups is 1. The van der Waals surface area contributed by atoms with Crippen LogP contribution in [-0.2, 0) is 0 Å². The summed E-state index contributed by atoms with van der Waals surface area (Å²) in [4.78, 5) is 27.7. The molecule has 1 saturated heterocycles. The number of amides is 1. The van der Waals surface area contributed by atoms with E-state index in [1.165, 1.54) is 0 Å². The minimum absolute atomic E-state index is 0.196. The second-order valence-electron chi connectivity index (χ2n) is 10.1. The molecule has 3 aromatic carbocycles. The summed E-state index contributed by atoms with van der Waals surface area (Å²) in [6, 6.07) is 21.3. The molecule has 10 heteroatoms. The van der Waals surface area contributed by atoms with Crippen molar-refractivity contribution in [2.75, 3.05) is 64.4 Å². The number of hydrogen-bond acceptors (Lipinski definition) is 9. The van der Waals surface area contributed by atoms with Crippen molar-refractivity contribution in [2.24, 2.45) is 0 Å². The number of anilines is 2. The van der Waals surface area contributed by atoms with Gasteiger partial charge in [-0.25, -0.2) is 9.97 Å². The highest BCUT2D eigenvalue weighted by molar-refractivity contribution is 5.99. The van der Waals surface area contributed by atoms with Gasteiger partial charge in [0.15, 0.2) is 17.3 Å². The van der Waals surface area contributed by atoms with E-state index < -0.39 is 0 Å². The zero-order chi connectivity index (χ0) is 30.3. The Labute approximate surface area is 252 Å². The molecule has 5 rings (SSSR count). The fourth-order valence-electron chi connectivity index (χ4n) is 5.27. The Balaban J connectivity index is 1.49. The number of piperazine rings is 1. The first-order chi connectivity index (χ1) is 21.0. The summed E-state index contributed by atoms with van der Waals surface area (Å²) in [6.45, 7) is 4.72. The van der Waals surface area contributed by atoms with Gasteiger partial charge < -0.3 is 34.1 Å². The van der Waals surface area contributed by atoms with Gasteiger partial charge in [-0.15, -0.1) is 0 Å². The molecule has 4 aromatic rings. The van der Waals surface area contributed by atoms with Crippen molar-refractivity contribution >= 4 is 17.4 Å². The second kappa shape index (κ2) is 13.3. The number of nitrogens with one attached hydrogen (secondary N) is 1. The molecule has 0 saturated carbocycles. The number of hydrogen-bond donors (Lipinski definition) is 1. The predicted molar refractivity (Wildman–Crippen MR) is 167 cm³/mol. The molecule has 224 valence electrons. The summed E-state index contributed by atoms with van der Waals surface area (Å²) in [7, 11) is 6.37. The third-order valence-electron chi connectivity index (χ3n) is 7.59. The molecule has 1 aliphatic rings. The largest absolute Gasteiger partial charge is 0.495 e. The lowest BCUT2D eigenvalue weighted by Gasteiger charge is -2.37. The van der Waals surface area contributed by atoms with Gasteiger partial charge in [0, 0.05) is 37.9 Å². The number of benzene rings is 3. The lowest BCUT2D eigenvalue weighted by molar-refractivity contribution is 0.0939. The predicted octanol–water partition coefficient (Wildman–Crippen LogP) is 5.00. The molecule has 0 bridgehead atoms. The monoisotopic (exact) mass is 583 g/mol. The molecule has 0 aliphatic carbocycles. The quantitative estimate of drug-likeness (QED) is 0.277. The highest BCUT2D eigenvalue weighted by atomic mass is 16.5. The van der Waals surface area contributed by atoms with Crippen LogP contribution in [0.2, 0.25) is 0 Å². The van der Waals surface area contributed by atoms with Crippen LogP contribution >= 0.6 is 0 Å². The molecule has 1 N–H and O–H groups in total. The van der Waals surface area contributed by atoms with Crippen molar-refractivity contribution in [3.63, 3.8) is 0 Å². The standard InChI is InChI=1S/C33H37N5O5/c1-22(23-11-7-6-8-12-23)35-33(39)25-21-34-31(24-19-28(41-3)30(43-5)29(20-24)42-4)36-32(25)38-17-15-37(16-18-38)26-13-9-10-14-27(26)40-2/h6-14,19-22H,15-18H2,1-5H3,(H,35,39)/t22-/m0/s1. The fraction of sp³-hybridized carbons (Fsp3) is 0.303. The Morgan fingerprint density at radius 2 is 1.40 bits per heavy atom. The lowest BCUT2D eigenvalue weighted by atomic mass is 10.1. The number of nitrogens with zero attached hydrogens (tertiary/aromatic N) is 4. The van der Waals surface area contributed by atoms with E-state index in [2.05, 4.69) is 26.2 Å². The summed E-state index contributed by atoms with van der Waals surface area (Å²) in [5.74, 6) is 3.06. The summed E-state index contributed by atoms with van der Waals surface area (Å²) in [5.41, 5.74) is 3.13. The fourth-order valence-corrected chi connectivity index (χ4v) is 5.27. The molecule has 0 unspecified atom stereocenters. The SMILES string of the molecule is COc1ccccc1N1CCN(c2nc(-c3cc(OC)c(OC)c(OC)c3)ncc2C(=O)N[C@@H](C)c2ccccc2)CC1. The van der Waals surface area contributed by atoms with Crippen LogP contribution in [0, 0.1) is 0 Å². The highest BCUT2D eigenvalue weighted by Crippen LogP contribution is 2.41. The molecule has 1 atom stereocenters. The zero-order valence-electron chi connectivity index (χ0n) is 25.2. The molecule has 0 spiro atoms. The summed E-state index contributed by atoms with van der Waals surface area (Å²) in [6.07, 6.45) is 1.60. The molecular weight excluding hydrogens is 546 g/mol. The number of aromatic nitrogens is 2. The van der Waals surface area contributed by atoms with Crippen LogP contribution in [0.1, 0.15) is 28.9 Å².